The summed E-state index contributed by atoms with van der Waals surface area (Å²) in [6.45, 7) is 0. The standard InChI is InChI=1S/C22H30N2O2S/c1-27-18-11-9-16(10-12-18)19(13-15-5-2-3-6-15)22(26)24-20(14-23)21(25)17-7-4-8-17/h9-12,14-15,17,19H,2-8,13,23H2,1H3,(H,24,26)/b20-14+. The van der Waals surface area contributed by atoms with E-state index in [1.165, 1.54) is 36.8 Å². The van der Waals surface area contributed by atoms with Gasteiger partial charge < -0.3 is 11.1 Å². The van der Waals surface area contributed by atoms with Gasteiger partial charge in [-0.25, -0.2) is 0 Å². The van der Waals surface area contributed by atoms with Crippen molar-refractivity contribution in [2.45, 2.75) is 62.2 Å². The third-order valence-electron chi connectivity index (χ3n) is 6.04. The van der Waals surface area contributed by atoms with E-state index in [1.807, 2.05) is 18.4 Å². The van der Waals surface area contributed by atoms with Gasteiger partial charge in [-0.2, -0.15) is 0 Å². The lowest BCUT2D eigenvalue weighted by molar-refractivity contribution is -0.126. The molecule has 1 unspecified atom stereocenters. The van der Waals surface area contributed by atoms with Gasteiger partial charge in [-0.05, 0) is 49.1 Å². The lowest BCUT2D eigenvalue weighted by Crippen LogP contribution is -2.36. The molecule has 146 valence electrons. The Morgan fingerprint density at radius 2 is 1.81 bits per heavy atom. The highest BCUT2D eigenvalue weighted by molar-refractivity contribution is 7.98. The summed E-state index contributed by atoms with van der Waals surface area (Å²) in [5.41, 5.74) is 6.96. The van der Waals surface area contributed by atoms with Crippen molar-refractivity contribution >= 4 is 23.5 Å². The summed E-state index contributed by atoms with van der Waals surface area (Å²) in [6.07, 6.45) is 11.9. The fourth-order valence-corrected chi connectivity index (χ4v) is 4.51. The van der Waals surface area contributed by atoms with Gasteiger partial charge in [0.05, 0.1) is 5.92 Å². The second-order valence-electron chi connectivity index (χ2n) is 7.77. The van der Waals surface area contributed by atoms with Crippen molar-refractivity contribution in [1.82, 2.24) is 5.32 Å². The molecule has 3 N–H and O–H groups in total. The Labute approximate surface area is 166 Å². The van der Waals surface area contributed by atoms with Gasteiger partial charge in [-0.3, -0.25) is 9.59 Å². The summed E-state index contributed by atoms with van der Waals surface area (Å²) in [7, 11) is 0. The van der Waals surface area contributed by atoms with E-state index in [4.69, 9.17) is 5.73 Å². The Kier molecular flexibility index (Phi) is 7.00. The van der Waals surface area contributed by atoms with Crippen molar-refractivity contribution in [2.75, 3.05) is 6.26 Å². The Morgan fingerprint density at radius 1 is 1.15 bits per heavy atom. The molecule has 5 heteroatoms. The monoisotopic (exact) mass is 386 g/mol. The van der Waals surface area contributed by atoms with Gasteiger partial charge in [0.2, 0.25) is 5.91 Å². The van der Waals surface area contributed by atoms with Crippen LogP contribution in [0.3, 0.4) is 0 Å². The number of hydrogen-bond donors (Lipinski definition) is 2. The molecule has 0 radical (unpaired) electrons. The lowest BCUT2D eigenvalue weighted by atomic mass is 9.81. The van der Waals surface area contributed by atoms with Crippen LogP contribution in [0.5, 0.6) is 0 Å². The first-order chi connectivity index (χ1) is 13.1. The third kappa shape index (κ3) is 4.95. The second-order valence-corrected chi connectivity index (χ2v) is 8.65. The van der Waals surface area contributed by atoms with E-state index in [0.29, 0.717) is 5.92 Å². The Bertz CT molecular complexity index is 689. The third-order valence-corrected chi connectivity index (χ3v) is 6.79. The van der Waals surface area contributed by atoms with E-state index >= 15 is 0 Å². The van der Waals surface area contributed by atoms with Gasteiger partial charge in [0.25, 0.3) is 0 Å². The molecule has 1 aromatic carbocycles. The van der Waals surface area contributed by atoms with Crippen LogP contribution in [0.15, 0.2) is 41.1 Å². The fraction of sp³-hybridized carbons (Fsp3) is 0.545. The van der Waals surface area contributed by atoms with Crippen LogP contribution >= 0.6 is 11.8 Å². The number of hydrogen-bond acceptors (Lipinski definition) is 4. The highest BCUT2D eigenvalue weighted by Gasteiger charge is 2.31. The highest BCUT2D eigenvalue weighted by Crippen LogP contribution is 2.35. The predicted octanol–water partition coefficient (Wildman–Crippen LogP) is 4.36. The first-order valence-electron chi connectivity index (χ1n) is 10.0. The number of nitrogens with one attached hydrogen (secondary N) is 1. The van der Waals surface area contributed by atoms with Crippen molar-refractivity contribution in [3.8, 4) is 0 Å². The number of carbonyl (C=O) groups excluding carboxylic acids is 2. The summed E-state index contributed by atoms with van der Waals surface area (Å²) < 4.78 is 0. The van der Waals surface area contributed by atoms with Crippen LogP contribution < -0.4 is 11.1 Å². The van der Waals surface area contributed by atoms with Crippen LogP contribution in [0.2, 0.25) is 0 Å². The zero-order valence-corrected chi connectivity index (χ0v) is 16.9. The number of rotatable bonds is 8. The molecule has 4 nitrogen and oxygen atoms in total. The van der Waals surface area contributed by atoms with Gasteiger partial charge in [-0.1, -0.05) is 44.2 Å². The van der Waals surface area contributed by atoms with Gasteiger partial charge in [0.1, 0.15) is 5.70 Å². The second kappa shape index (κ2) is 9.45. The number of amides is 1. The molecule has 3 rings (SSSR count). The first-order valence-corrected chi connectivity index (χ1v) is 11.3. The lowest BCUT2D eigenvalue weighted by Gasteiger charge is -2.26. The summed E-state index contributed by atoms with van der Waals surface area (Å²) in [5, 5.41) is 2.86. The number of carbonyl (C=O) groups is 2. The van der Waals surface area contributed by atoms with Crippen LogP contribution in [-0.2, 0) is 9.59 Å². The minimum Gasteiger partial charge on any atom is -0.403 e. The van der Waals surface area contributed by atoms with Crippen LogP contribution in [0.1, 0.15) is 62.8 Å². The van der Waals surface area contributed by atoms with Crippen molar-refractivity contribution in [2.24, 2.45) is 17.6 Å². The van der Waals surface area contributed by atoms with Crippen LogP contribution in [-0.4, -0.2) is 17.9 Å². The largest absolute Gasteiger partial charge is 0.403 e. The Morgan fingerprint density at radius 3 is 2.33 bits per heavy atom. The maximum absolute atomic E-state index is 13.1. The molecule has 1 aromatic rings. The number of nitrogens with two attached hydrogens (primary N) is 1. The molecule has 2 fully saturated rings. The maximum atomic E-state index is 13.1. The summed E-state index contributed by atoms with van der Waals surface area (Å²) in [5.74, 6) is 0.230. The molecule has 1 atom stereocenters. The van der Waals surface area contributed by atoms with E-state index in [-0.39, 0.29) is 29.2 Å². The fourth-order valence-electron chi connectivity index (χ4n) is 4.11. The number of allylic oxidation sites excluding steroid dienone is 1. The van der Waals surface area contributed by atoms with Crippen LogP contribution in [0.4, 0.5) is 0 Å². The number of Topliss-reactive ketones (excluding diaryl/α,β-unsaturated/α-hetero) is 1. The number of thioether (sulfide) groups is 1. The topological polar surface area (TPSA) is 72.2 Å². The molecule has 0 saturated heterocycles. The van der Waals surface area contributed by atoms with E-state index < -0.39 is 0 Å². The molecule has 0 aliphatic heterocycles. The summed E-state index contributed by atoms with van der Waals surface area (Å²) in [6, 6.07) is 8.22. The predicted molar refractivity (Wildman–Crippen MR) is 110 cm³/mol. The molecule has 0 aromatic heterocycles. The zero-order chi connectivity index (χ0) is 19.2. The highest BCUT2D eigenvalue weighted by atomic mass is 32.2. The Balaban J connectivity index is 1.75. The summed E-state index contributed by atoms with van der Waals surface area (Å²) in [4.78, 5) is 26.8. The first kappa shape index (κ1) is 20.0. The molecular formula is C22H30N2O2S. The van der Waals surface area contributed by atoms with Crippen molar-refractivity contribution in [3.05, 3.63) is 41.7 Å². The van der Waals surface area contributed by atoms with E-state index in [1.54, 1.807) is 11.8 Å². The van der Waals surface area contributed by atoms with E-state index in [2.05, 4.69) is 17.4 Å². The molecular weight excluding hydrogens is 356 g/mol. The maximum Gasteiger partial charge on any atom is 0.232 e. The number of benzene rings is 1. The molecule has 27 heavy (non-hydrogen) atoms. The van der Waals surface area contributed by atoms with Crippen molar-refractivity contribution < 1.29 is 9.59 Å². The smallest absolute Gasteiger partial charge is 0.232 e. The number of ketones is 1. The average Bonchev–Trinajstić information content (AvgIpc) is 3.16. The Hall–Kier alpha value is -1.75. The van der Waals surface area contributed by atoms with Gasteiger partial charge in [-0.15, -0.1) is 11.8 Å². The quantitative estimate of drug-likeness (QED) is 0.514. The van der Waals surface area contributed by atoms with E-state index in [9.17, 15) is 9.59 Å². The minimum absolute atomic E-state index is 0.0190. The molecule has 2 aliphatic carbocycles. The van der Waals surface area contributed by atoms with Crippen molar-refractivity contribution in [3.63, 3.8) is 0 Å². The van der Waals surface area contributed by atoms with Gasteiger partial charge >= 0.3 is 0 Å². The average molecular weight is 387 g/mol. The molecule has 0 spiro atoms. The summed E-state index contributed by atoms with van der Waals surface area (Å²) >= 11 is 1.69. The molecule has 0 heterocycles. The minimum atomic E-state index is -0.242. The SMILES string of the molecule is CSc1ccc(C(CC2CCCC2)C(=O)N/C(=C/N)C(=O)C2CCC2)cc1. The van der Waals surface area contributed by atoms with Crippen LogP contribution in [0, 0.1) is 11.8 Å². The molecule has 0 bridgehead atoms. The van der Waals surface area contributed by atoms with E-state index in [0.717, 1.165) is 31.2 Å². The zero-order valence-electron chi connectivity index (χ0n) is 16.1. The van der Waals surface area contributed by atoms with Crippen LogP contribution in [0.25, 0.3) is 0 Å². The van der Waals surface area contributed by atoms with Gasteiger partial charge in [0, 0.05) is 17.0 Å². The normalized spacial score (nSPS) is 19.5. The molecule has 1 amide bonds. The molecule has 2 saturated carbocycles. The van der Waals surface area contributed by atoms with Gasteiger partial charge in [0.15, 0.2) is 5.78 Å². The van der Waals surface area contributed by atoms with Crippen molar-refractivity contribution in [1.29, 1.82) is 0 Å². The molecule has 2 aliphatic rings.